The minimum atomic E-state index is -0.250. The van der Waals surface area contributed by atoms with Gasteiger partial charge in [-0.3, -0.25) is 0 Å². The van der Waals surface area contributed by atoms with E-state index in [1.54, 1.807) is 0 Å². The molecule has 0 aromatic rings. The number of aliphatic hydroxyl groups excluding tert-OH is 2. The fourth-order valence-electron chi connectivity index (χ4n) is 3.92. The molecule has 0 saturated heterocycles. The average Bonchev–Trinajstić information content (AvgIpc) is 2.40. The molecule has 0 amide bonds. The van der Waals surface area contributed by atoms with E-state index in [0.717, 1.165) is 25.7 Å². The highest BCUT2D eigenvalue weighted by Crippen LogP contribution is 2.46. The van der Waals surface area contributed by atoms with Crippen molar-refractivity contribution in [3.63, 3.8) is 0 Å². The van der Waals surface area contributed by atoms with Gasteiger partial charge in [-0.15, -0.1) is 0 Å². The molecule has 2 aliphatic carbocycles. The molecule has 2 rings (SSSR count). The lowest BCUT2D eigenvalue weighted by molar-refractivity contribution is -0.00292. The van der Waals surface area contributed by atoms with Gasteiger partial charge in [0.15, 0.2) is 0 Å². The molecule has 2 nitrogen and oxygen atoms in total. The van der Waals surface area contributed by atoms with Crippen molar-refractivity contribution in [1.29, 1.82) is 0 Å². The Morgan fingerprint density at radius 2 is 1.81 bits per heavy atom. The van der Waals surface area contributed by atoms with Gasteiger partial charge in [0, 0.05) is 5.92 Å². The molecular formula is C14H26O2. The molecule has 0 aromatic heterocycles. The predicted octanol–water partition coefficient (Wildman–Crippen LogP) is 2.58. The first-order chi connectivity index (χ1) is 7.59. The Morgan fingerprint density at radius 1 is 1.12 bits per heavy atom. The Bertz CT molecular complexity index is 227. The molecule has 2 heteroatoms. The van der Waals surface area contributed by atoms with Gasteiger partial charge < -0.3 is 10.2 Å². The molecule has 0 aliphatic heterocycles. The van der Waals surface area contributed by atoms with Crippen LogP contribution in [0, 0.1) is 23.7 Å². The standard InChI is InChI=1S/C14H26O2/c1-9(2)7-11-8-10-5-3-4-6-12(15)13(10)14(11)16/h9-16H,3-8H2,1-2H3. The maximum atomic E-state index is 10.4. The normalized spacial score (nSPS) is 44.4. The molecule has 0 heterocycles. The maximum Gasteiger partial charge on any atom is 0.0624 e. The van der Waals surface area contributed by atoms with E-state index >= 15 is 0 Å². The lowest BCUT2D eigenvalue weighted by atomic mass is 9.87. The summed E-state index contributed by atoms with van der Waals surface area (Å²) in [4.78, 5) is 0. The Morgan fingerprint density at radius 3 is 2.50 bits per heavy atom. The molecule has 5 atom stereocenters. The highest BCUT2D eigenvalue weighted by Gasteiger charge is 2.45. The zero-order valence-electron chi connectivity index (χ0n) is 10.6. The van der Waals surface area contributed by atoms with Crippen molar-refractivity contribution in [3.05, 3.63) is 0 Å². The molecule has 2 fully saturated rings. The van der Waals surface area contributed by atoms with Gasteiger partial charge in [-0.1, -0.05) is 26.7 Å². The topological polar surface area (TPSA) is 40.5 Å². The van der Waals surface area contributed by atoms with E-state index < -0.39 is 0 Å². The number of fused-ring (bicyclic) bond motifs is 1. The highest BCUT2D eigenvalue weighted by atomic mass is 16.3. The van der Waals surface area contributed by atoms with Crippen molar-refractivity contribution in [1.82, 2.24) is 0 Å². The first kappa shape index (κ1) is 12.4. The van der Waals surface area contributed by atoms with Crippen LogP contribution < -0.4 is 0 Å². The third-order valence-corrected chi connectivity index (χ3v) is 4.57. The van der Waals surface area contributed by atoms with E-state index in [-0.39, 0.29) is 18.1 Å². The number of aliphatic hydroxyl groups is 2. The van der Waals surface area contributed by atoms with E-state index in [2.05, 4.69) is 13.8 Å². The fourth-order valence-corrected chi connectivity index (χ4v) is 3.92. The second kappa shape index (κ2) is 5.05. The second-order valence-corrected chi connectivity index (χ2v) is 6.31. The summed E-state index contributed by atoms with van der Waals surface area (Å²) in [5, 5.41) is 20.5. The summed E-state index contributed by atoms with van der Waals surface area (Å²) in [6.07, 6.45) is 6.23. The molecule has 0 radical (unpaired) electrons. The summed E-state index contributed by atoms with van der Waals surface area (Å²) in [7, 11) is 0. The smallest absolute Gasteiger partial charge is 0.0624 e. The van der Waals surface area contributed by atoms with E-state index in [4.69, 9.17) is 0 Å². The maximum absolute atomic E-state index is 10.4. The third-order valence-electron chi connectivity index (χ3n) is 4.57. The van der Waals surface area contributed by atoms with E-state index in [1.165, 1.54) is 12.8 Å². The van der Waals surface area contributed by atoms with Crippen molar-refractivity contribution in [2.45, 2.75) is 64.6 Å². The fraction of sp³-hybridized carbons (Fsp3) is 1.00. The summed E-state index contributed by atoms with van der Waals surface area (Å²) >= 11 is 0. The number of hydrogen-bond acceptors (Lipinski definition) is 2. The largest absolute Gasteiger partial charge is 0.393 e. The third kappa shape index (κ3) is 2.43. The van der Waals surface area contributed by atoms with Crippen molar-refractivity contribution in [3.8, 4) is 0 Å². The molecule has 5 unspecified atom stereocenters. The monoisotopic (exact) mass is 226 g/mol. The first-order valence-electron chi connectivity index (χ1n) is 6.95. The molecule has 0 bridgehead atoms. The first-order valence-corrected chi connectivity index (χ1v) is 6.95. The molecule has 0 aromatic carbocycles. The van der Waals surface area contributed by atoms with Gasteiger partial charge in [-0.05, 0) is 43.4 Å². The van der Waals surface area contributed by atoms with E-state index in [1.807, 2.05) is 0 Å². The van der Waals surface area contributed by atoms with Crippen LogP contribution in [0.2, 0.25) is 0 Å². The van der Waals surface area contributed by atoms with Crippen molar-refractivity contribution in [2.24, 2.45) is 23.7 Å². The summed E-state index contributed by atoms with van der Waals surface area (Å²) in [5.74, 6) is 1.84. The van der Waals surface area contributed by atoms with Crippen LogP contribution in [0.4, 0.5) is 0 Å². The predicted molar refractivity (Wildman–Crippen MR) is 65.0 cm³/mol. The zero-order valence-corrected chi connectivity index (χ0v) is 10.6. The van der Waals surface area contributed by atoms with Crippen molar-refractivity contribution in [2.75, 3.05) is 0 Å². The average molecular weight is 226 g/mol. The lowest BCUT2D eigenvalue weighted by Gasteiger charge is -2.25. The van der Waals surface area contributed by atoms with Crippen LogP contribution in [0.25, 0.3) is 0 Å². The minimum Gasteiger partial charge on any atom is -0.393 e. The quantitative estimate of drug-likeness (QED) is 0.760. The minimum absolute atomic E-state index is 0.172. The molecule has 2 N–H and O–H groups in total. The highest BCUT2D eigenvalue weighted by molar-refractivity contribution is 4.95. The summed E-state index contributed by atoms with van der Waals surface area (Å²) in [6, 6.07) is 0. The Hall–Kier alpha value is -0.0800. The molecule has 2 aliphatic rings. The van der Waals surface area contributed by atoms with Gasteiger partial charge in [0.05, 0.1) is 12.2 Å². The molecule has 0 spiro atoms. The summed E-state index contributed by atoms with van der Waals surface area (Å²) in [5.41, 5.74) is 0. The van der Waals surface area contributed by atoms with E-state index in [0.29, 0.717) is 17.8 Å². The van der Waals surface area contributed by atoms with E-state index in [9.17, 15) is 10.2 Å². The molecular weight excluding hydrogens is 200 g/mol. The van der Waals surface area contributed by atoms with Crippen LogP contribution in [0.5, 0.6) is 0 Å². The SMILES string of the molecule is CC(C)CC1CC2CCCCC(O)C2C1O. The Kier molecular flexibility index (Phi) is 3.91. The molecule has 94 valence electrons. The second-order valence-electron chi connectivity index (χ2n) is 6.31. The summed E-state index contributed by atoms with van der Waals surface area (Å²) < 4.78 is 0. The van der Waals surface area contributed by atoms with Crippen molar-refractivity contribution < 1.29 is 10.2 Å². The summed E-state index contributed by atoms with van der Waals surface area (Å²) in [6.45, 7) is 4.44. The van der Waals surface area contributed by atoms with Crippen LogP contribution in [0.3, 0.4) is 0 Å². The van der Waals surface area contributed by atoms with Gasteiger partial charge in [0.1, 0.15) is 0 Å². The van der Waals surface area contributed by atoms with Crippen LogP contribution in [0.15, 0.2) is 0 Å². The van der Waals surface area contributed by atoms with Crippen LogP contribution in [-0.4, -0.2) is 22.4 Å². The van der Waals surface area contributed by atoms with Crippen LogP contribution >= 0.6 is 0 Å². The lowest BCUT2D eigenvalue weighted by Crippen LogP contribution is -2.33. The molecule has 2 saturated carbocycles. The van der Waals surface area contributed by atoms with Gasteiger partial charge in [-0.2, -0.15) is 0 Å². The van der Waals surface area contributed by atoms with Gasteiger partial charge in [0.25, 0.3) is 0 Å². The Labute approximate surface area is 99.1 Å². The van der Waals surface area contributed by atoms with Crippen molar-refractivity contribution >= 4 is 0 Å². The molecule has 16 heavy (non-hydrogen) atoms. The zero-order chi connectivity index (χ0) is 11.7. The Balaban J connectivity index is 2.04. The van der Waals surface area contributed by atoms with Gasteiger partial charge in [-0.25, -0.2) is 0 Å². The van der Waals surface area contributed by atoms with Gasteiger partial charge in [0.2, 0.25) is 0 Å². The van der Waals surface area contributed by atoms with Gasteiger partial charge >= 0.3 is 0 Å². The van der Waals surface area contributed by atoms with Crippen LogP contribution in [-0.2, 0) is 0 Å². The number of rotatable bonds is 2. The van der Waals surface area contributed by atoms with Crippen LogP contribution in [0.1, 0.15) is 52.4 Å². The number of hydrogen-bond donors (Lipinski definition) is 2.